The fourth-order valence-electron chi connectivity index (χ4n) is 2.23. The van der Waals surface area contributed by atoms with Crippen molar-refractivity contribution in [3.8, 4) is 0 Å². The van der Waals surface area contributed by atoms with Crippen LogP contribution in [0.2, 0.25) is 0 Å². The van der Waals surface area contributed by atoms with Crippen LogP contribution in [-0.2, 0) is 0 Å². The maximum absolute atomic E-state index is 4.45. The number of nitrogens with one attached hydrogen (secondary N) is 1. The Bertz CT molecular complexity index is 959. The molecule has 7 nitrogen and oxygen atoms in total. The summed E-state index contributed by atoms with van der Waals surface area (Å²) in [6.07, 6.45) is 6.72. The largest absolute Gasteiger partial charge is 0.264 e. The predicted octanol–water partition coefficient (Wildman–Crippen LogP) is 2.12. The Morgan fingerprint density at radius 3 is 2.86 bits per heavy atom. The topological polar surface area (TPSA) is 80.4 Å². The van der Waals surface area contributed by atoms with Gasteiger partial charge in [0.1, 0.15) is 6.33 Å². The molecular formula is C15H11N7. The van der Waals surface area contributed by atoms with Gasteiger partial charge in [-0.05, 0) is 6.07 Å². The monoisotopic (exact) mass is 289 g/mol. The molecule has 1 N–H and O–H groups in total. The highest BCUT2D eigenvalue weighted by Gasteiger charge is 2.08. The molecule has 0 atom stereocenters. The van der Waals surface area contributed by atoms with Crippen LogP contribution in [0, 0.1) is 0 Å². The van der Waals surface area contributed by atoms with Gasteiger partial charge >= 0.3 is 0 Å². The lowest BCUT2D eigenvalue weighted by atomic mass is 10.2. The number of fused-ring (bicyclic) bond motifs is 3. The van der Waals surface area contributed by atoms with Crippen molar-refractivity contribution in [2.24, 2.45) is 5.10 Å². The minimum Gasteiger partial charge on any atom is -0.264 e. The van der Waals surface area contributed by atoms with Crippen LogP contribution in [0.25, 0.3) is 16.4 Å². The van der Waals surface area contributed by atoms with Gasteiger partial charge in [0.2, 0.25) is 0 Å². The highest BCUT2D eigenvalue weighted by molar-refractivity contribution is 5.99. The molecule has 0 aliphatic rings. The Labute approximate surface area is 125 Å². The van der Waals surface area contributed by atoms with Crippen LogP contribution in [0.1, 0.15) is 5.56 Å². The van der Waals surface area contributed by atoms with Gasteiger partial charge in [-0.15, -0.1) is 15.3 Å². The first-order valence-electron chi connectivity index (χ1n) is 6.70. The molecule has 4 aromatic rings. The molecule has 0 radical (unpaired) electrons. The second-order valence-electron chi connectivity index (χ2n) is 4.65. The van der Waals surface area contributed by atoms with E-state index >= 15 is 0 Å². The summed E-state index contributed by atoms with van der Waals surface area (Å²) >= 11 is 0. The molecule has 0 spiro atoms. The fraction of sp³-hybridized carbons (Fsp3) is 0. The lowest BCUT2D eigenvalue weighted by molar-refractivity contribution is 0.934. The van der Waals surface area contributed by atoms with Crippen molar-refractivity contribution < 1.29 is 0 Å². The van der Waals surface area contributed by atoms with Crippen molar-refractivity contribution in [3.63, 3.8) is 0 Å². The molecule has 22 heavy (non-hydrogen) atoms. The number of rotatable bonds is 3. The minimum absolute atomic E-state index is 0.642. The molecule has 7 heteroatoms. The minimum atomic E-state index is 0.642. The summed E-state index contributed by atoms with van der Waals surface area (Å²) in [5, 5.41) is 18.6. The summed E-state index contributed by atoms with van der Waals surface area (Å²) < 4.78 is 1.63. The first kappa shape index (κ1) is 12.4. The number of benzene rings is 1. The van der Waals surface area contributed by atoms with Gasteiger partial charge in [-0.1, -0.05) is 30.3 Å². The van der Waals surface area contributed by atoms with Gasteiger partial charge in [0.25, 0.3) is 0 Å². The van der Waals surface area contributed by atoms with Gasteiger partial charge in [0, 0.05) is 28.7 Å². The van der Waals surface area contributed by atoms with Gasteiger partial charge in [0.15, 0.2) is 11.5 Å². The molecule has 3 heterocycles. The quantitative estimate of drug-likeness (QED) is 0.461. The van der Waals surface area contributed by atoms with E-state index in [9.17, 15) is 0 Å². The van der Waals surface area contributed by atoms with E-state index in [0.29, 0.717) is 5.82 Å². The van der Waals surface area contributed by atoms with E-state index in [-0.39, 0.29) is 0 Å². The van der Waals surface area contributed by atoms with Crippen molar-refractivity contribution in [1.29, 1.82) is 0 Å². The standard InChI is InChI=1S/C15H11N7/c1-2-6-13-12(5-1)14(21-22-10-18-20-15(13)22)19-17-9-11-4-3-7-16-8-11/h1-10H,(H,19,21)/b17-9+. The first-order valence-corrected chi connectivity index (χ1v) is 6.70. The molecule has 0 saturated heterocycles. The van der Waals surface area contributed by atoms with E-state index in [1.54, 1.807) is 29.5 Å². The molecule has 0 unspecified atom stereocenters. The Morgan fingerprint density at radius 2 is 2.00 bits per heavy atom. The molecule has 3 aromatic heterocycles. The number of pyridine rings is 1. The van der Waals surface area contributed by atoms with E-state index in [0.717, 1.165) is 22.0 Å². The molecule has 0 aliphatic heterocycles. The van der Waals surface area contributed by atoms with Crippen molar-refractivity contribution >= 4 is 28.5 Å². The summed E-state index contributed by atoms with van der Waals surface area (Å²) in [5.41, 5.74) is 4.60. The van der Waals surface area contributed by atoms with E-state index in [2.05, 4.69) is 30.8 Å². The van der Waals surface area contributed by atoms with Gasteiger partial charge in [0.05, 0.1) is 6.21 Å². The van der Waals surface area contributed by atoms with E-state index in [1.807, 2.05) is 36.4 Å². The average Bonchev–Trinajstić information content (AvgIpc) is 3.04. The lowest BCUT2D eigenvalue weighted by Crippen LogP contribution is -2.00. The number of anilines is 1. The Morgan fingerprint density at radius 1 is 1.09 bits per heavy atom. The number of hydrogen-bond donors (Lipinski definition) is 1. The number of hydrazone groups is 1. The third kappa shape index (κ3) is 2.14. The molecule has 0 amide bonds. The van der Waals surface area contributed by atoms with Crippen molar-refractivity contribution in [1.82, 2.24) is 24.8 Å². The third-order valence-corrected chi connectivity index (χ3v) is 3.23. The third-order valence-electron chi connectivity index (χ3n) is 3.23. The fourth-order valence-corrected chi connectivity index (χ4v) is 2.23. The SMILES string of the molecule is C(=N\Nc1nn2cnnc2c2ccccc12)/c1cccnc1. The van der Waals surface area contributed by atoms with Gasteiger partial charge in [-0.2, -0.15) is 9.62 Å². The highest BCUT2D eigenvalue weighted by Crippen LogP contribution is 2.23. The van der Waals surface area contributed by atoms with E-state index < -0.39 is 0 Å². The molecule has 1 aromatic carbocycles. The van der Waals surface area contributed by atoms with Crippen LogP contribution in [0.3, 0.4) is 0 Å². The van der Waals surface area contributed by atoms with Crippen LogP contribution in [-0.4, -0.2) is 31.0 Å². The van der Waals surface area contributed by atoms with Gasteiger partial charge < -0.3 is 0 Å². The molecule has 0 bridgehead atoms. The normalized spacial score (nSPS) is 11.5. The maximum Gasteiger partial charge on any atom is 0.185 e. The molecule has 4 rings (SSSR count). The maximum atomic E-state index is 4.45. The highest BCUT2D eigenvalue weighted by atomic mass is 15.4. The van der Waals surface area contributed by atoms with Gasteiger partial charge in [-0.25, -0.2) is 0 Å². The number of nitrogens with zero attached hydrogens (tertiary/aromatic N) is 6. The Hall–Kier alpha value is -3.35. The van der Waals surface area contributed by atoms with E-state index in [4.69, 9.17) is 0 Å². The predicted molar refractivity (Wildman–Crippen MR) is 83.7 cm³/mol. The summed E-state index contributed by atoms with van der Waals surface area (Å²) in [6, 6.07) is 11.6. The second-order valence-corrected chi connectivity index (χ2v) is 4.65. The van der Waals surface area contributed by atoms with Crippen molar-refractivity contribution in [3.05, 3.63) is 60.7 Å². The second kappa shape index (κ2) is 5.21. The van der Waals surface area contributed by atoms with Crippen LogP contribution in [0.15, 0.2) is 60.2 Å². The zero-order chi connectivity index (χ0) is 14.8. The summed E-state index contributed by atoms with van der Waals surface area (Å²) in [6.45, 7) is 0. The first-order chi connectivity index (χ1) is 10.9. The molecule has 0 fully saturated rings. The summed E-state index contributed by atoms with van der Waals surface area (Å²) in [7, 11) is 0. The van der Waals surface area contributed by atoms with Crippen LogP contribution in [0.4, 0.5) is 5.82 Å². The smallest absolute Gasteiger partial charge is 0.185 e. The molecule has 0 aliphatic carbocycles. The molecule has 0 saturated carbocycles. The molecule has 106 valence electrons. The lowest BCUT2D eigenvalue weighted by Gasteiger charge is -2.05. The Balaban J connectivity index is 1.75. The summed E-state index contributed by atoms with van der Waals surface area (Å²) in [4.78, 5) is 4.04. The zero-order valence-electron chi connectivity index (χ0n) is 11.5. The number of aromatic nitrogens is 5. The van der Waals surface area contributed by atoms with Crippen LogP contribution < -0.4 is 5.43 Å². The van der Waals surface area contributed by atoms with Crippen molar-refractivity contribution in [2.75, 3.05) is 5.43 Å². The Kier molecular flexibility index (Phi) is 2.93. The van der Waals surface area contributed by atoms with Gasteiger partial charge in [-0.3, -0.25) is 10.4 Å². The summed E-state index contributed by atoms with van der Waals surface area (Å²) in [5.74, 6) is 0.642. The molecular weight excluding hydrogens is 278 g/mol. The average molecular weight is 289 g/mol. The number of hydrogen-bond acceptors (Lipinski definition) is 6. The van der Waals surface area contributed by atoms with Crippen molar-refractivity contribution in [2.45, 2.75) is 0 Å². The van der Waals surface area contributed by atoms with Crippen LogP contribution in [0.5, 0.6) is 0 Å². The zero-order valence-corrected chi connectivity index (χ0v) is 11.5. The van der Waals surface area contributed by atoms with E-state index in [1.165, 1.54) is 0 Å². The van der Waals surface area contributed by atoms with Crippen LogP contribution >= 0.6 is 0 Å².